The minimum Gasteiger partial charge on any atom is -0.393 e. The summed E-state index contributed by atoms with van der Waals surface area (Å²) in [6.07, 6.45) is 4.49. The van der Waals surface area contributed by atoms with E-state index in [1.807, 2.05) is 13.2 Å². The highest BCUT2D eigenvalue weighted by atomic mass is 32.1. The molecule has 0 unspecified atom stereocenters. The van der Waals surface area contributed by atoms with Crippen molar-refractivity contribution in [2.45, 2.75) is 19.9 Å². The van der Waals surface area contributed by atoms with Crippen LogP contribution in [0.15, 0.2) is 12.4 Å². The number of hydrogen-bond donors (Lipinski definition) is 1. The normalized spacial score (nSPS) is 10.1. The highest BCUT2D eigenvalue weighted by Crippen LogP contribution is 2.09. The lowest BCUT2D eigenvalue weighted by molar-refractivity contribution is 0.728. The predicted molar refractivity (Wildman–Crippen MR) is 62.6 cm³/mol. The van der Waals surface area contributed by atoms with Gasteiger partial charge in [-0.05, 0) is 6.92 Å². The maximum absolute atomic E-state index is 5.44. The first-order chi connectivity index (χ1) is 6.65. The molecule has 1 rings (SSSR count). The number of nitrogens with two attached hydrogens (primary N) is 1. The van der Waals surface area contributed by atoms with Crippen LogP contribution >= 0.6 is 12.2 Å². The molecule has 0 aliphatic rings. The Morgan fingerprint density at radius 3 is 3.00 bits per heavy atom. The van der Waals surface area contributed by atoms with Gasteiger partial charge in [0, 0.05) is 39.0 Å². The Labute approximate surface area is 89.7 Å². The zero-order valence-corrected chi connectivity index (χ0v) is 9.42. The first-order valence-corrected chi connectivity index (χ1v) is 5.06. The van der Waals surface area contributed by atoms with E-state index in [1.54, 1.807) is 6.20 Å². The number of imidazole rings is 1. The molecular weight excluding hydrogens is 196 g/mol. The summed E-state index contributed by atoms with van der Waals surface area (Å²) >= 11 is 4.83. The van der Waals surface area contributed by atoms with E-state index in [9.17, 15) is 0 Å². The van der Waals surface area contributed by atoms with Gasteiger partial charge in [-0.2, -0.15) is 0 Å². The van der Waals surface area contributed by atoms with Crippen molar-refractivity contribution >= 4 is 23.2 Å². The third kappa shape index (κ3) is 2.70. The lowest BCUT2D eigenvalue weighted by atomic mass is 10.4. The topological polar surface area (TPSA) is 47.1 Å². The average molecular weight is 212 g/mol. The number of rotatable bonds is 5. The van der Waals surface area contributed by atoms with Crippen LogP contribution in [0.1, 0.15) is 13.3 Å². The van der Waals surface area contributed by atoms with Crippen LogP contribution in [0.2, 0.25) is 0 Å². The number of aromatic nitrogens is 2. The summed E-state index contributed by atoms with van der Waals surface area (Å²) < 4.78 is 2.08. The average Bonchev–Trinajstić information content (AvgIpc) is 2.61. The van der Waals surface area contributed by atoms with E-state index < -0.39 is 0 Å². The Morgan fingerprint density at radius 1 is 1.71 bits per heavy atom. The zero-order chi connectivity index (χ0) is 10.6. The smallest absolute Gasteiger partial charge is 0.205 e. The Bertz CT molecular complexity index is 308. The Morgan fingerprint density at radius 2 is 2.43 bits per heavy atom. The molecule has 0 aliphatic heterocycles. The molecule has 5 heteroatoms. The van der Waals surface area contributed by atoms with Crippen molar-refractivity contribution in [2.24, 2.45) is 5.73 Å². The quantitative estimate of drug-likeness (QED) is 0.740. The molecule has 78 valence electrons. The number of hydrogen-bond acceptors (Lipinski definition) is 3. The lowest BCUT2D eigenvalue weighted by Crippen LogP contribution is -2.25. The molecule has 14 heavy (non-hydrogen) atoms. The molecule has 0 amide bonds. The van der Waals surface area contributed by atoms with Crippen LogP contribution in [0.5, 0.6) is 0 Å². The van der Waals surface area contributed by atoms with E-state index in [0.29, 0.717) is 4.99 Å². The molecule has 0 radical (unpaired) electrons. The van der Waals surface area contributed by atoms with Crippen molar-refractivity contribution in [1.29, 1.82) is 0 Å². The van der Waals surface area contributed by atoms with Crippen LogP contribution in [0.4, 0.5) is 5.95 Å². The van der Waals surface area contributed by atoms with Crippen molar-refractivity contribution in [2.75, 3.05) is 18.5 Å². The molecule has 0 aliphatic carbocycles. The number of anilines is 1. The van der Waals surface area contributed by atoms with Gasteiger partial charge in [0.15, 0.2) is 0 Å². The van der Waals surface area contributed by atoms with Crippen molar-refractivity contribution in [3.63, 3.8) is 0 Å². The number of thiocarbonyl (C=S) groups is 1. The van der Waals surface area contributed by atoms with E-state index in [-0.39, 0.29) is 0 Å². The van der Waals surface area contributed by atoms with Gasteiger partial charge in [-0.15, -0.1) is 0 Å². The molecule has 2 N–H and O–H groups in total. The lowest BCUT2D eigenvalue weighted by Gasteiger charge is -2.18. The third-order valence-electron chi connectivity index (χ3n) is 2.07. The van der Waals surface area contributed by atoms with E-state index in [2.05, 4.69) is 21.4 Å². The van der Waals surface area contributed by atoms with Gasteiger partial charge >= 0.3 is 0 Å². The fraction of sp³-hybridized carbons (Fsp3) is 0.556. The SMILES string of the molecule is CCn1ccnc1N(C)CCC(N)=S. The van der Waals surface area contributed by atoms with Crippen LogP contribution < -0.4 is 10.6 Å². The molecule has 0 atom stereocenters. The van der Waals surface area contributed by atoms with Gasteiger partial charge in [0.25, 0.3) is 0 Å². The molecule has 0 saturated heterocycles. The van der Waals surface area contributed by atoms with E-state index >= 15 is 0 Å². The molecule has 1 aromatic heterocycles. The van der Waals surface area contributed by atoms with Gasteiger partial charge in [-0.25, -0.2) is 4.98 Å². The predicted octanol–water partition coefficient (Wildman–Crippen LogP) is 1.02. The molecule has 0 spiro atoms. The Hall–Kier alpha value is -1.10. The highest BCUT2D eigenvalue weighted by Gasteiger charge is 2.06. The largest absolute Gasteiger partial charge is 0.393 e. The molecular formula is C9H16N4S. The third-order valence-corrected chi connectivity index (χ3v) is 2.27. The summed E-state index contributed by atoms with van der Waals surface area (Å²) in [6.45, 7) is 3.83. The Kier molecular flexibility index (Phi) is 3.88. The van der Waals surface area contributed by atoms with Gasteiger partial charge in [-0.3, -0.25) is 0 Å². The second-order valence-corrected chi connectivity index (χ2v) is 3.68. The number of aryl methyl sites for hydroxylation is 1. The Balaban J connectivity index is 2.59. The van der Waals surface area contributed by atoms with Crippen LogP contribution in [0, 0.1) is 0 Å². The first-order valence-electron chi connectivity index (χ1n) is 4.65. The van der Waals surface area contributed by atoms with Gasteiger partial charge in [0.05, 0.1) is 4.99 Å². The van der Waals surface area contributed by atoms with Crippen molar-refractivity contribution < 1.29 is 0 Å². The van der Waals surface area contributed by atoms with Crippen LogP contribution in [0.3, 0.4) is 0 Å². The molecule has 0 bridgehead atoms. The molecule has 0 saturated carbocycles. The van der Waals surface area contributed by atoms with Crippen LogP contribution in [0.25, 0.3) is 0 Å². The van der Waals surface area contributed by atoms with Crippen molar-refractivity contribution in [1.82, 2.24) is 9.55 Å². The van der Waals surface area contributed by atoms with Crippen LogP contribution in [-0.2, 0) is 6.54 Å². The van der Waals surface area contributed by atoms with Gasteiger partial charge in [-0.1, -0.05) is 12.2 Å². The maximum Gasteiger partial charge on any atom is 0.205 e. The second kappa shape index (κ2) is 4.95. The standard InChI is InChI=1S/C9H16N4S/c1-3-13-7-5-11-9(13)12(2)6-4-8(10)14/h5,7H,3-4,6H2,1-2H3,(H2,10,14). The molecule has 0 aromatic carbocycles. The van der Waals surface area contributed by atoms with Crippen molar-refractivity contribution in [3.8, 4) is 0 Å². The fourth-order valence-electron chi connectivity index (χ4n) is 1.26. The van der Waals surface area contributed by atoms with E-state index in [4.69, 9.17) is 18.0 Å². The van der Waals surface area contributed by atoms with Gasteiger partial charge in [0.2, 0.25) is 5.95 Å². The summed E-state index contributed by atoms with van der Waals surface area (Å²) in [5.41, 5.74) is 5.44. The minimum atomic E-state index is 0.548. The first kappa shape index (κ1) is 11.0. The van der Waals surface area contributed by atoms with E-state index in [1.165, 1.54) is 0 Å². The summed E-state index contributed by atoms with van der Waals surface area (Å²) in [4.78, 5) is 6.88. The molecule has 0 fully saturated rings. The van der Waals surface area contributed by atoms with E-state index in [0.717, 1.165) is 25.5 Å². The second-order valence-electron chi connectivity index (χ2n) is 3.15. The fourth-order valence-corrected chi connectivity index (χ4v) is 1.36. The number of nitrogens with zero attached hydrogens (tertiary/aromatic N) is 3. The van der Waals surface area contributed by atoms with Crippen molar-refractivity contribution in [3.05, 3.63) is 12.4 Å². The van der Waals surface area contributed by atoms with Gasteiger partial charge in [0.1, 0.15) is 0 Å². The minimum absolute atomic E-state index is 0.548. The van der Waals surface area contributed by atoms with Crippen LogP contribution in [-0.4, -0.2) is 28.1 Å². The summed E-state index contributed by atoms with van der Waals surface area (Å²) in [5.74, 6) is 0.962. The maximum atomic E-state index is 5.44. The van der Waals surface area contributed by atoms with Gasteiger partial charge < -0.3 is 15.2 Å². The summed E-state index contributed by atoms with van der Waals surface area (Å²) in [6, 6.07) is 0. The monoisotopic (exact) mass is 212 g/mol. The highest BCUT2D eigenvalue weighted by molar-refractivity contribution is 7.80. The zero-order valence-electron chi connectivity index (χ0n) is 8.60. The summed E-state index contributed by atoms with van der Waals surface area (Å²) in [5, 5.41) is 0. The molecule has 1 heterocycles. The molecule has 4 nitrogen and oxygen atoms in total. The molecule has 1 aromatic rings. The summed E-state index contributed by atoms with van der Waals surface area (Å²) in [7, 11) is 1.99.